The molecule has 0 heterocycles. The molecule has 1 atom stereocenters. The smallest absolute Gasteiger partial charge is 0.0771 e. The van der Waals surface area contributed by atoms with Crippen LogP contribution in [0.2, 0.25) is 0 Å². The van der Waals surface area contributed by atoms with Gasteiger partial charge in [-0.1, -0.05) is 18.2 Å². The van der Waals surface area contributed by atoms with Crippen LogP contribution in [-0.2, 0) is 0 Å². The van der Waals surface area contributed by atoms with E-state index in [0.717, 1.165) is 19.3 Å². The molecule has 1 aromatic carbocycles. The molecule has 94 valence electrons. The lowest BCUT2D eigenvalue weighted by Gasteiger charge is -2.37. The predicted octanol–water partition coefficient (Wildman–Crippen LogP) is 2.87. The molecule has 1 aromatic rings. The maximum atomic E-state index is 10.0. The molecule has 1 aliphatic rings. The molecule has 0 amide bonds. The lowest BCUT2D eigenvalue weighted by molar-refractivity contribution is -0.0329. The summed E-state index contributed by atoms with van der Waals surface area (Å²) in [6, 6.07) is 6.88. The Morgan fingerprint density at radius 2 is 2.00 bits per heavy atom. The van der Waals surface area contributed by atoms with Crippen molar-refractivity contribution in [2.24, 2.45) is 0 Å². The summed E-state index contributed by atoms with van der Waals surface area (Å²) >= 11 is 0. The zero-order chi connectivity index (χ0) is 12.5. The van der Waals surface area contributed by atoms with E-state index in [9.17, 15) is 5.11 Å². The van der Waals surface area contributed by atoms with E-state index in [-0.39, 0.29) is 0 Å². The molecule has 2 N–H and O–H groups in total. The first-order valence-electron chi connectivity index (χ1n) is 6.53. The van der Waals surface area contributed by atoms with E-state index in [1.165, 1.54) is 16.7 Å². The van der Waals surface area contributed by atoms with Gasteiger partial charge < -0.3 is 10.4 Å². The van der Waals surface area contributed by atoms with Crippen molar-refractivity contribution in [1.29, 1.82) is 0 Å². The summed E-state index contributed by atoms with van der Waals surface area (Å²) in [7, 11) is 0. The van der Waals surface area contributed by atoms with Crippen LogP contribution >= 0.6 is 0 Å². The van der Waals surface area contributed by atoms with E-state index in [1.807, 2.05) is 0 Å². The number of aryl methyl sites for hydroxylation is 2. The summed E-state index contributed by atoms with van der Waals surface area (Å²) in [6.07, 6.45) is 3.05. The molecule has 0 radical (unpaired) electrons. The zero-order valence-electron chi connectivity index (χ0n) is 11.1. The predicted molar refractivity (Wildman–Crippen MR) is 71.1 cm³/mol. The molecule has 0 aromatic heterocycles. The van der Waals surface area contributed by atoms with Gasteiger partial charge in [-0.05, 0) is 56.7 Å². The highest BCUT2D eigenvalue weighted by Gasteiger charge is 2.34. The normalized spacial score (nSPS) is 19.8. The minimum atomic E-state index is -0.437. The van der Waals surface area contributed by atoms with Crippen LogP contribution in [0.25, 0.3) is 0 Å². The van der Waals surface area contributed by atoms with Gasteiger partial charge in [-0.2, -0.15) is 0 Å². The Balaban J connectivity index is 1.94. The van der Waals surface area contributed by atoms with Gasteiger partial charge in [0.05, 0.1) is 5.60 Å². The number of hydrogen-bond acceptors (Lipinski definition) is 2. The Kier molecular flexibility index (Phi) is 3.55. The largest absolute Gasteiger partial charge is 0.389 e. The van der Waals surface area contributed by atoms with Gasteiger partial charge in [0.25, 0.3) is 0 Å². The minimum Gasteiger partial charge on any atom is -0.389 e. The fraction of sp³-hybridized carbons (Fsp3) is 0.600. The average Bonchev–Trinajstić information content (AvgIpc) is 2.27. The molecule has 0 spiro atoms. The van der Waals surface area contributed by atoms with Crippen molar-refractivity contribution in [3.8, 4) is 0 Å². The highest BCUT2D eigenvalue weighted by molar-refractivity contribution is 5.31. The van der Waals surface area contributed by atoms with Crippen LogP contribution in [0.5, 0.6) is 0 Å². The zero-order valence-corrected chi connectivity index (χ0v) is 11.1. The number of benzene rings is 1. The Hall–Kier alpha value is -0.860. The van der Waals surface area contributed by atoms with Gasteiger partial charge >= 0.3 is 0 Å². The van der Waals surface area contributed by atoms with E-state index in [2.05, 4.69) is 44.3 Å². The van der Waals surface area contributed by atoms with Crippen LogP contribution in [0.3, 0.4) is 0 Å². The first kappa shape index (κ1) is 12.6. The van der Waals surface area contributed by atoms with Crippen LogP contribution in [0.1, 0.15) is 48.9 Å². The summed E-state index contributed by atoms with van der Waals surface area (Å²) in [5.41, 5.74) is 3.53. The van der Waals surface area contributed by atoms with Gasteiger partial charge in [0.1, 0.15) is 0 Å². The number of aliphatic hydroxyl groups is 1. The highest BCUT2D eigenvalue weighted by atomic mass is 16.3. The summed E-state index contributed by atoms with van der Waals surface area (Å²) in [4.78, 5) is 0. The number of rotatable bonds is 4. The molecule has 2 nitrogen and oxygen atoms in total. The first-order chi connectivity index (χ1) is 8.00. The third-order valence-corrected chi connectivity index (χ3v) is 4.05. The summed E-state index contributed by atoms with van der Waals surface area (Å²) in [6.45, 7) is 7.15. The second-order valence-electron chi connectivity index (χ2n) is 5.52. The molecular formula is C15H23NO. The highest BCUT2D eigenvalue weighted by Crippen LogP contribution is 2.31. The van der Waals surface area contributed by atoms with Gasteiger partial charge in [0.2, 0.25) is 0 Å². The van der Waals surface area contributed by atoms with Crippen molar-refractivity contribution in [2.45, 2.75) is 51.7 Å². The fourth-order valence-electron chi connectivity index (χ4n) is 2.26. The summed E-state index contributed by atoms with van der Waals surface area (Å²) < 4.78 is 0. The first-order valence-corrected chi connectivity index (χ1v) is 6.53. The third-order valence-electron chi connectivity index (χ3n) is 4.05. The quantitative estimate of drug-likeness (QED) is 0.838. The van der Waals surface area contributed by atoms with Crippen LogP contribution in [0, 0.1) is 13.8 Å². The van der Waals surface area contributed by atoms with Crippen LogP contribution < -0.4 is 5.32 Å². The Morgan fingerprint density at radius 1 is 1.29 bits per heavy atom. The number of nitrogens with one attached hydrogen (secondary N) is 1. The molecule has 1 aliphatic carbocycles. The van der Waals surface area contributed by atoms with E-state index in [1.54, 1.807) is 0 Å². The van der Waals surface area contributed by atoms with Gasteiger partial charge in [0.15, 0.2) is 0 Å². The molecule has 1 unspecified atom stereocenters. The van der Waals surface area contributed by atoms with Crippen LogP contribution in [-0.4, -0.2) is 17.3 Å². The second kappa shape index (κ2) is 4.79. The van der Waals surface area contributed by atoms with Crippen molar-refractivity contribution in [1.82, 2.24) is 5.32 Å². The monoisotopic (exact) mass is 233 g/mol. The Labute approximate surface area is 104 Å². The second-order valence-corrected chi connectivity index (χ2v) is 5.52. The minimum absolute atomic E-state index is 0.305. The fourth-order valence-corrected chi connectivity index (χ4v) is 2.26. The van der Waals surface area contributed by atoms with Crippen molar-refractivity contribution in [3.05, 3.63) is 34.9 Å². The molecule has 17 heavy (non-hydrogen) atoms. The van der Waals surface area contributed by atoms with Crippen molar-refractivity contribution >= 4 is 0 Å². The van der Waals surface area contributed by atoms with Gasteiger partial charge in [-0.3, -0.25) is 0 Å². The van der Waals surface area contributed by atoms with Gasteiger partial charge in [-0.25, -0.2) is 0 Å². The van der Waals surface area contributed by atoms with Crippen molar-refractivity contribution in [3.63, 3.8) is 0 Å². The lowest BCUT2D eigenvalue weighted by Crippen LogP contribution is -2.46. The van der Waals surface area contributed by atoms with E-state index in [0.29, 0.717) is 12.6 Å². The van der Waals surface area contributed by atoms with Gasteiger partial charge in [-0.15, -0.1) is 0 Å². The molecule has 0 aliphatic heterocycles. The molecule has 0 saturated heterocycles. The lowest BCUT2D eigenvalue weighted by atomic mass is 9.80. The Bertz CT molecular complexity index is 396. The topological polar surface area (TPSA) is 32.3 Å². The molecule has 2 rings (SSSR count). The van der Waals surface area contributed by atoms with Crippen molar-refractivity contribution < 1.29 is 5.11 Å². The number of hydrogen-bond donors (Lipinski definition) is 2. The van der Waals surface area contributed by atoms with E-state index >= 15 is 0 Å². The van der Waals surface area contributed by atoms with Crippen LogP contribution in [0.15, 0.2) is 18.2 Å². The standard InChI is InChI=1S/C15H23NO/c1-11-5-6-14(9-12(11)2)13(3)16-10-15(17)7-4-8-15/h5-6,9,13,16-17H,4,7-8,10H2,1-3H3. The molecular weight excluding hydrogens is 210 g/mol. The van der Waals surface area contributed by atoms with Gasteiger partial charge in [0, 0.05) is 12.6 Å². The summed E-state index contributed by atoms with van der Waals surface area (Å²) in [5.74, 6) is 0. The van der Waals surface area contributed by atoms with E-state index in [4.69, 9.17) is 0 Å². The molecule has 2 heteroatoms. The Morgan fingerprint density at radius 3 is 2.53 bits per heavy atom. The third kappa shape index (κ3) is 2.88. The molecule has 1 saturated carbocycles. The van der Waals surface area contributed by atoms with E-state index < -0.39 is 5.60 Å². The molecule has 0 bridgehead atoms. The average molecular weight is 233 g/mol. The van der Waals surface area contributed by atoms with Crippen molar-refractivity contribution in [2.75, 3.05) is 6.54 Å². The summed E-state index contributed by atoms with van der Waals surface area (Å²) in [5, 5.41) is 13.5. The molecule has 1 fully saturated rings. The maximum Gasteiger partial charge on any atom is 0.0771 e. The maximum absolute atomic E-state index is 10.0. The SMILES string of the molecule is Cc1ccc(C(C)NCC2(O)CCC2)cc1C. The van der Waals surface area contributed by atoms with Crippen LogP contribution in [0.4, 0.5) is 0 Å².